The molecule has 31 heavy (non-hydrogen) atoms. The van der Waals surface area contributed by atoms with E-state index in [1.807, 2.05) is 66.7 Å². The molecule has 5 rings (SSSR count). The summed E-state index contributed by atoms with van der Waals surface area (Å²) >= 11 is 7.73. The lowest BCUT2D eigenvalue weighted by molar-refractivity contribution is -0.120. The van der Waals surface area contributed by atoms with Crippen molar-refractivity contribution in [3.8, 4) is 0 Å². The predicted molar refractivity (Wildman–Crippen MR) is 126 cm³/mol. The second-order valence-corrected chi connectivity index (χ2v) is 9.30. The Morgan fingerprint density at radius 2 is 1.77 bits per heavy atom. The molecule has 0 saturated heterocycles. The number of benzene rings is 3. The largest absolute Gasteiger partial charge is 0.352 e. The molecule has 0 radical (unpaired) electrons. The molecule has 0 spiro atoms. The minimum atomic E-state index is -0.372. The Bertz CT molecular complexity index is 1210. The first-order valence-corrected chi connectivity index (χ1v) is 11.6. The van der Waals surface area contributed by atoms with Crippen molar-refractivity contribution in [2.45, 2.75) is 35.8 Å². The zero-order chi connectivity index (χ0) is 21.2. The Kier molecular flexibility index (Phi) is 5.70. The average Bonchev–Trinajstić information content (AvgIpc) is 3.54. The quantitative estimate of drug-likeness (QED) is 0.361. The van der Waals surface area contributed by atoms with E-state index in [-0.39, 0.29) is 11.2 Å². The maximum atomic E-state index is 13.1. The summed E-state index contributed by atoms with van der Waals surface area (Å²) in [5, 5.41) is 4.25. The first kappa shape index (κ1) is 20.2. The summed E-state index contributed by atoms with van der Waals surface area (Å²) in [5.74, 6) is 0.0371. The van der Waals surface area contributed by atoms with E-state index in [1.165, 1.54) is 17.3 Å². The van der Waals surface area contributed by atoms with Crippen LogP contribution in [-0.4, -0.2) is 21.5 Å². The van der Waals surface area contributed by atoms with Crippen LogP contribution < -0.4 is 5.32 Å². The number of hydrogen-bond acceptors (Lipinski definition) is 3. The van der Waals surface area contributed by atoms with E-state index in [0.717, 1.165) is 34.6 Å². The minimum absolute atomic E-state index is 0.0371. The summed E-state index contributed by atoms with van der Waals surface area (Å²) in [6.45, 7) is 0.674. The van der Waals surface area contributed by atoms with Gasteiger partial charge < -0.3 is 9.88 Å². The number of fused-ring (bicyclic) bond motifs is 1. The highest BCUT2D eigenvalue weighted by molar-refractivity contribution is 8.00. The van der Waals surface area contributed by atoms with Crippen molar-refractivity contribution in [3.63, 3.8) is 0 Å². The first-order valence-electron chi connectivity index (χ1n) is 10.4. The van der Waals surface area contributed by atoms with Crippen molar-refractivity contribution in [2.24, 2.45) is 0 Å². The van der Waals surface area contributed by atoms with Crippen molar-refractivity contribution in [3.05, 3.63) is 95.0 Å². The molecule has 4 aromatic rings. The monoisotopic (exact) mass is 447 g/mol. The van der Waals surface area contributed by atoms with Gasteiger partial charge in [-0.3, -0.25) is 4.79 Å². The number of amides is 1. The van der Waals surface area contributed by atoms with Crippen molar-refractivity contribution >= 4 is 40.3 Å². The summed E-state index contributed by atoms with van der Waals surface area (Å²) < 4.78 is 2.17. The van der Waals surface area contributed by atoms with E-state index in [0.29, 0.717) is 17.6 Å². The Balaban J connectivity index is 1.55. The number of carbonyl (C=O) groups excluding carboxylic acids is 1. The van der Waals surface area contributed by atoms with Gasteiger partial charge in [-0.05, 0) is 42.2 Å². The maximum absolute atomic E-state index is 13.1. The lowest BCUT2D eigenvalue weighted by Crippen LogP contribution is -2.30. The van der Waals surface area contributed by atoms with Crippen LogP contribution in [0.25, 0.3) is 11.0 Å². The molecule has 0 unspecified atom stereocenters. The van der Waals surface area contributed by atoms with Crippen LogP contribution in [0.3, 0.4) is 0 Å². The SMILES string of the molecule is O=C(NC1CC1)[C@H](Sc1nc2cc(Cl)ccc2n1Cc1ccccc1)c1ccccc1. The molecule has 3 aromatic carbocycles. The molecule has 1 aliphatic rings. The summed E-state index contributed by atoms with van der Waals surface area (Å²) in [6.07, 6.45) is 2.12. The van der Waals surface area contributed by atoms with Crippen LogP contribution in [0, 0.1) is 0 Å². The van der Waals surface area contributed by atoms with Gasteiger partial charge in [-0.1, -0.05) is 84.0 Å². The number of nitrogens with zero attached hydrogens (tertiary/aromatic N) is 2. The van der Waals surface area contributed by atoms with E-state index in [9.17, 15) is 4.79 Å². The van der Waals surface area contributed by atoms with Gasteiger partial charge in [0, 0.05) is 11.1 Å². The number of aromatic nitrogens is 2. The van der Waals surface area contributed by atoms with Gasteiger partial charge in [0.05, 0.1) is 17.6 Å². The van der Waals surface area contributed by atoms with E-state index >= 15 is 0 Å². The van der Waals surface area contributed by atoms with E-state index in [4.69, 9.17) is 16.6 Å². The van der Waals surface area contributed by atoms with Crippen LogP contribution in [0.1, 0.15) is 29.2 Å². The van der Waals surface area contributed by atoms with Crippen LogP contribution in [0.5, 0.6) is 0 Å². The van der Waals surface area contributed by atoms with Gasteiger partial charge in [-0.25, -0.2) is 4.98 Å². The summed E-state index contributed by atoms with van der Waals surface area (Å²) in [4.78, 5) is 18.0. The number of hydrogen-bond donors (Lipinski definition) is 1. The number of thioether (sulfide) groups is 1. The molecule has 1 aromatic heterocycles. The van der Waals surface area contributed by atoms with Gasteiger partial charge in [0.25, 0.3) is 0 Å². The highest BCUT2D eigenvalue weighted by atomic mass is 35.5. The molecule has 1 amide bonds. The van der Waals surface area contributed by atoms with Gasteiger partial charge in [-0.2, -0.15) is 0 Å². The minimum Gasteiger partial charge on any atom is -0.352 e. The van der Waals surface area contributed by atoms with Crippen LogP contribution in [-0.2, 0) is 11.3 Å². The third-order valence-electron chi connectivity index (χ3n) is 5.35. The van der Waals surface area contributed by atoms with Crippen molar-refractivity contribution in [1.82, 2.24) is 14.9 Å². The van der Waals surface area contributed by atoms with Crippen LogP contribution in [0.2, 0.25) is 5.02 Å². The summed E-state index contributed by atoms with van der Waals surface area (Å²) in [6, 6.07) is 26.3. The van der Waals surface area contributed by atoms with E-state index in [1.54, 1.807) is 0 Å². The van der Waals surface area contributed by atoms with E-state index in [2.05, 4.69) is 22.0 Å². The highest BCUT2D eigenvalue weighted by Gasteiger charge is 2.30. The number of nitrogens with one attached hydrogen (secondary N) is 1. The van der Waals surface area contributed by atoms with Crippen LogP contribution in [0.15, 0.2) is 84.0 Å². The number of imidazole rings is 1. The number of halogens is 1. The fourth-order valence-electron chi connectivity index (χ4n) is 3.60. The first-order chi connectivity index (χ1) is 15.2. The molecule has 1 saturated carbocycles. The molecule has 1 N–H and O–H groups in total. The van der Waals surface area contributed by atoms with Crippen molar-refractivity contribution < 1.29 is 4.79 Å². The van der Waals surface area contributed by atoms with Crippen molar-refractivity contribution in [2.75, 3.05) is 0 Å². The molecule has 156 valence electrons. The maximum Gasteiger partial charge on any atom is 0.238 e. The van der Waals surface area contributed by atoms with Gasteiger partial charge in [0.2, 0.25) is 5.91 Å². The molecule has 1 aliphatic carbocycles. The molecule has 6 heteroatoms. The van der Waals surface area contributed by atoms with Crippen LogP contribution in [0.4, 0.5) is 0 Å². The smallest absolute Gasteiger partial charge is 0.238 e. The Hall–Kier alpha value is -2.76. The standard InChI is InChI=1S/C25H22ClN3OS/c26-19-11-14-22-21(15-19)28-25(29(22)16-17-7-3-1-4-8-17)31-23(18-9-5-2-6-10-18)24(30)27-20-12-13-20/h1-11,14-15,20,23H,12-13,16H2,(H,27,30)/t23-/m1/s1. The molecular formula is C25H22ClN3OS. The predicted octanol–water partition coefficient (Wildman–Crippen LogP) is 5.85. The van der Waals surface area contributed by atoms with Gasteiger partial charge in [0.1, 0.15) is 5.25 Å². The molecule has 1 heterocycles. The van der Waals surface area contributed by atoms with Gasteiger partial charge in [0.15, 0.2) is 5.16 Å². The lowest BCUT2D eigenvalue weighted by atomic mass is 10.1. The summed E-state index contributed by atoms with van der Waals surface area (Å²) in [5.41, 5.74) is 3.99. The third-order valence-corrected chi connectivity index (χ3v) is 6.83. The van der Waals surface area contributed by atoms with Gasteiger partial charge >= 0.3 is 0 Å². The molecule has 1 fully saturated rings. The lowest BCUT2D eigenvalue weighted by Gasteiger charge is -2.17. The third kappa shape index (κ3) is 4.63. The topological polar surface area (TPSA) is 46.9 Å². The fraction of sp³-hybridized carbons (Fsp3) is 0.200. The normalized spacial score (nSPS) is 14.5. The Morgan fingerprint density at radius 1 is 1.06 bits per heavy atom. The number of rotatable bonds is 7. The van der Waals surface area contributed by atoms with E-state index < -0.39 is 0 Å². The number of carbonyl (C=O) groups is 1. The Labute approximate surface area is 190 Å². The van der Waals surface area contributed by atoms with Gasteiger partial charge in [-0.15, -0.1) is 0 Å². The molecular weight excluding hydrogens is 426 g/mol. The second kappa shape index (κ2) is 8.77. The average molecular weight is 448 g/mol. The Morgan fingerprint density at radius 3 is 2.48 bits per heavy atom. The fourth-order valence-corrected chi connectivity index (χ4v) is 4.89. The highest BCUT2D eigenvalue weighted by Crippen LogP contribution is 2.38. The zero-order valence-electron chi connectivity index (χ0n) is 16.9. The van der Waals surface area contributed by atoms with Crippen LogP contribution >= 0.6 is 23.4 Å². The summed E-state index contributed by atoms with van der Waals surface area (Å²) in [7, 11) is 0. The molecule has 0 bridgehead atoms. The molecule has 4 nitrogen and oxygen atoms in total. The molecule has 0 aliphatic heterocycles. The zero-order valence-corrected chi connectivity index (χ0v) is 18.4. The van der Waals surface area contributed by atoms with Crippen molar-refractivity contribution in [1.29, 1.82) is 0 Å². The second-order valence-electron chi connectivity index (χ2n) is 7.79. The molecule has 1 atom stereocenters.